The summed E-state index contributed by atoms with van der Waals surface area (Å²) in [7, 11) is 0. The molecule has 138 valence electrons. The molecule has 2 saturated carbocycles. The summed E-state index contributed by atoms with van der Waals surface area (Å²) in [4.78, 5) is 6.98. The number of pyridine rings is 1. The highest BCUT2D eigenvalue weighted by atomic mass is 16.5. The highest BCUT2D eigenvalue weighted by Crippen LogP contribution is 2.34. The first-order valence-electron chi connectivity index (χ1n) is 10.0. The largest absolute Gasteiger partial charge is 0.379 e. The van der Waals surface area contributed by atoms with E-state index < -0.39 is 0 Å². The molecule has 3 heterocycles. The van der Waals surface area contributed by atoms with Crippen LogP contribution in [0, 0.1) is 11.8 Å². The second kappa shape index (κ2) is 7.08. The Balaban J connectivity index is 1.34. The summed E-state index contributed by atoms with van der Waals surface area (Å²) >= 11 is 0. The monoisotopic (exact) mass is 353 g/mol. The van der Waals surface area contributed by atoms with Crippen LogP contribution in [0.1, 0.15) is 48.8 Å². The van der Waals surface area contributed by atoms with Gasteiger partial charge in [-0.05, 0) is 49.7 Å². The zero-order chi connectivity index (χ0) is 17.3. The minimum Gasteiger partial charge on any atom is -0.379 e. The lowest BCUT2D eigenvalue weighted by molar-refractivity contribution is 0.0419. The molecule has 1 aliphatic heterocycles. The summed E-state index contributed by atoms with van der Waals surface area (Å²) in [6.45, 7) is 4.49. The van der Waals surface area contributed by atoms with E-state index in [1.54, 1.807) is 0 Å². The number of hydrogen-bond acceptors (Lipinski definition) is 5. The summed E-state index contributed by atoms with van der Waals surface area (Å²) < 4.78 is 8.25. The maximum atomic E-state index is 6.09. The minimum atomic E-state index is 0.187. The molecular weight excluding hydrogens is 326 g/mol. The van der Waals surface area contributed by atoms with Crippen LogP contribution in [-0.4, -0.2) is 44.6 Å². The normalized spacial score (nSPS) is 23.2. The van der Waals surface area contributed by atoms with Gasteiger partial charge in [0.15, 0.2) is 0 Å². The predicted molar refractivity (Wildman–Crippen MR) is 97.4 cm³/mol. The molecule has 0 saturated heterocycles. The number of rotatable bonds is 8. The summed E-state index contributed by atoms with van der Waals surface area (Å²) in [6, 6.07) is 6.31. The lowest BCUT2D eigenvalue weighted by Crippen LogP contribution is -2.38. The van der Waals surface area contributed by atoms with E-state index in [1.165, 1.54) is 31.4 Å². The fourth-order valence-corrected chi connectivity index (χ4v) is 3.84. The Kier molecular flexibility index (Phi) is 4.46. The van der Waals surface area contributed by atoms with E-state index >= 15 is 0 Å². The van der Waals surface area contributed by atoms with Gasteiger partial charge >= 0.3 is 0 Å². The maximum Gasteiger partial charge on any atom is 0.105 e. The van der Waals surface area contributed by atoms with Crippen LogP contribution < -0.4 is 0 Å². The molecule has 2 aromatic heterocycles. The fraction of sp³-hybridized carbons (Fsp3) is 0.650. The van der Waals surface area contributed by atoms with Gasteiger partial charge in [0, 0.05) is 38.9 Å². The number of nitrogens with zero attached hydrogens (tertiary/aromatic N) is 5. The Hall–Kier alpha value is -1.79. The zero-order valence-electron chi connectivity index (χ0n) is 15.3. The first-order valence-corrected chi connectivity index (χ1v) is 10.0. The van der Waals surface area contributed by atoms with Crippen LogP contribution in [0.5, 0.6) is 0 Å². The third kappa shape index (κ3) is 3.67. The van der Waals surface area contributed by atoms with Gasteiger partial charge < -0.3 is 4.74 Å². The van der Waals surface area contributed by atoms with Crippen LogP contribution in [0.15, 0.2) is 24.4 Å². The summed E-state index contributed by atoms with van der Waals surface area (Å²) in [6.07, 6.45) is 8.22. The average Bonchev–Trinajstić information content (AvgIpc) is 3.58. The van der Waals surface area contributed by atoms with Crippen molar-refractivity contribution in [3.63, 3.8) is 0 Å². The van der Waals surface area contributed by atoms with Crippen LogP contribution in [0.3, 0.4) is 0 Å². The molecule has 5 rings (SSSR count). The van der Waals surface area contributed by atoms with Crippen molar-refractivity contribution < 1.29 is 4.74 Å². The van der Waals surface area contributed by atoms with Gasteiger partial charge in [0.2, 0.25) is 0 Å². The van der Waals surface area contributed by atoms with Crippen LogP contribution in [0.4, 0.5) is 0 Å². The molecule has 0 aromatic carbocycles. The van der Waals surface area contributed by atoms with Crippen molar-refractivity contribution in [2.45, 2.75) is 51.2 Å². The fourth-order valence-electron chi connectivity index (χ4n) is 3.84. The van der Waals surface area contributed by atoms with Crippen molar-refractivity contribution in [1.82, 2.24) is 24.9 Å². The van der Waals surface area contributed by atoms with E-state index in [4.69, 9.17) is 4.74 Å². The van der Waals surface area contributed by atoms with Crippen molar-refractivity contribution in [2.75, 3.05) is 19.8 Å². The standard InChI is InChI=1S/C20H27N5O/c1-2-9-21-17(3-1)12-24-10-8-18-20(19(24)14-26-13-16-6-7-16)22-23-25(18)11-15-4-5-15/h1-3,9,15-16,19H,4-8,10-14H2. The SMILES string of the molecule is c1ccc(CN2CCc3c(nnn3CC3CC3)C2COCC2CC2)nc1. The van der Waals surface area contributed by atoms with Gasteiger partial charge in [-0.15, -0.1) is 5.10 Å². The number of hydrogen-bond donors (Lipinski definition) is 0. The Labute approximate surface area is 154 Å². The average molecular weight is 353 g/mol. The van der Waals surface area contributed by atoms with Crippen LogP contribution in [-0.2, 0) is 24.2 Å². The highest BCUT2D eigenvalue weighted by Gasteiger charge is 2.34. The van der Waals surface area contributed by atoms with E-state index in [1.807, 2.05) is 12.3 Å². The lowest BCUT2D eigenvalue weighted by Gasteiger charge is -2.34. The Morgan fingerprint density at radius 1 is 1.08 bits per heavy atom. The topological polar surface area (TPSA) is 56.1 Å². The van der Waals surface area contributed by atoms with E-state index in [0.29, 0.717) is 6.61 Å². The third-order valence-corrected chi connectivity index (χ3v) is 5.81. The molecule has 3 aliphatic rings. The Bertz CT molecular complexity index is 738. The van der Waals surface area contributed by atoms with Gasteiger partial charge in [-0.25, -0.2) is 4.68 Å². The number of aromatic nitrogens is 4. The molecule has 0 radical (unpaired) electrons. The molecule has 6 nitrogen and oxygen atoms in total. The molecule has 2 aliphatic carbocycles. The third-order valence-electron chi connectivity index (χ3n) is 5.81. The number of ether oxygens (including phenoxy) is 1. The second-order valence-corrected chi connectivity index (χ2v) is 8.09. The van der Waals surface area contributed by atoms with Crippen LogP contribution in [0.2, 0.25) is 0 Å². The number of fused-ring (bicyclic) bond motifs is 1. The predicted octanol–water partition coefficient (Wildman–Crippen LogP) is 2.61. The zero-order valence-corrected chi connectivity index (χ0v) is 15.3. The first kappa shape index (κ1) is 16.4. The molecule has 0 amide bonds. The molecule has 1 unspecified atom stereocenters. The van der Waals surface area contributed by atoms with Gasteiger partial charge in [-0.2, -0.15) is 0 Å². The van der Waals surface area contributed by atoms with E-state index in [2.05, 4.69) is 37.0 Å². The Morgan fingerprint density at radius 2 is 1.96 bits per heavy atom. The molecule has 0 spiro atoms. The smallest absolute Gasteiger partial charge is 0.105 e. The highest BCUT2D eigenvalue weighted by molar-refractivity contribution is 5.20. The van der Waals surface area contributed by atoms with E-state index in [-0.39, 0.29) is 6.04 Å². The van der Waals surface area contributed by atoms with Crippen molar-refractivity contribution in [3.05, 3.63) is 41.5 Å². The maximum absolute atomic E-state index is 6.09. The molecule has 2 aromatic rings. The molecule has 6 heteroatoms. The molecule has 0 bridgehead atoms. The van der Waals surface area contributed by atoms with Gasteiger partial charge in [0.25, 0.3) is 0 Å². The Morgan fingerprint density at radius 3 is 2.73 bits per heavy atom. The second-order valence-electron chi connectivity index (χ2n) is 8.09. The molecule has 2 fully saturated rings. The van der Waals surface area contributed by atoms with Crippen molar-refractivity contribution >= 4 is 0 Å². The molecule has 0 N–H and O–H groups in total. The van der Waals surface area contributed by atoms with Crippen LogP contribution >= 0.6 is 0 Å². The summed E-state index contributed by atoms with van der Waals surface area (Å²) in [5.41, 5.74) is 3.56. The van der Waals surface area contributed by atoms with Gasteiger partial charge in [-0.3, -0.25) is 9.88 Å². The van der Waals surface area contributed by atoms with Gasteiger partial charge in [-0.1, -0.05) is 11.3 Å². The first-order chi connectivity index (χ1) is 12.9. The van der Waals surface area contributed by atoms with Gasteiger partial charge in [0.05, 0.1) is 24.0 Å². The lowest BCUT2D eigenvalue weighted by atomic mass is 10.0. The van der Waals surface area contributed by atoms with E-state index in [9.17, 15) is 0 Å². The van der Waals surface area contributed by atoms with Crippen LogP contribution in [0.25, 0.3) is 0 Å². The van der Waals surface area contributed by atoms with Gasteiger partial charge in [0.1, 0.15) is 5.69 Å². The van der Waals surface area contributed by atoms with Crippen molar-refractivity contribution in [2.24, 2.45) is 11.8 Å². The molecular formula is C20H27N5O. The van der Waals surface area contributed by atoms with E-state index in [0.717, 1.165) is 55.9 Å². The van der Waals surface area contributed by atoms with Crippen molar-refractivity contribution in [3.8, 4) is 0 Å². The summed E-state index contributed by atoms with van der Waals surface area (Å²) in [5.74, 6) is 1.60. The minimum absolute atomic E-state index is 0.187. The molecule has 26 heavy (non-hydrogen) atoms. The van der Waals surface area contributed by atoms with Crippen molar-refractivity contribution in [1.29, 1.82) is 0 Å². The molecule has 1 atom stereocenters. The quantitative estimate of drug-likeness (QED) is 0.730. The summed E-state index contributed by atoms with van der Waals surface area (Å²) in [5, 5.41) is 9.09.